The molecule has 0 fully saturated rings. The van der Waals surface area contributed by atoms with Crippen molar-refractivity contribution in [3.8, 4) is 11.4 Å². The van der Waals surface area contributed by atoms with Crippen molar-refractivity contribution in [2.24, 2.45) is 0 Å². The van der Waals surface area contributed by atoms with Crippen molar-refractivity contribution in [3.05, 3.63) is 71.8 Å². The van der Waals surface area contributed by atoms with Crippen LogP contribution in [-0.4, -0.2) is 22.1 Å². The lowest BCUT2D eigenvalue weighted by molar-refractivity contribution is 0.413. The Morgan fingerprint density at radius 2 is 2.05 bits per heavy atom. The third-order valence-corrected chi connectivity index (χ3v) is 3.08. The zero-order valence-corrected chi connectivity index (χ0v) is 11.5. The van der Waals surface area contributed by atoms with E-state index in [1.807, 2.05) is 24.4 Å². The van der Waals surface area contributed by atoms with E-state index in [2.05, 4.69) is 16.4 Å². The molecule has 1 heterocycles. The van der Waals surface area contributed by atoms with Gasteiger partial charge < -0.3 is 4.74 Å². The molecule has 0 saturated heterocycles. The summed E-state index contributed by atoms with van der Waals surface area (Å²) in [6.07, 6.45) is 2.47. The number of aromatic nitrogens is 3. The molecule has 0 aliphatic heterocycles. The number of ether oxygens (including phenoxy) is 1. The molecule has 5 heteroatoms. The molecule has 1 radical (unpaired) electrons. The average molecular weight is 282 g/mol. The van der Waals surface area contributed by atoms with Gasteiger partial charge in [-0.1, -0.05) is 17.3 Å². The molecule has 0 atom stereocenters. The number of nitrogens with zero attached hydrogens (tertiary/aromatic N) is 3. The molecule has 0 aliphatic rings. The highest BCUT2D eigenvalue weighted by Gasteiger charge is 2.05. The molecule has 0 N–H and O–H groups in total. The number of halogens is 1. The SMILES string of the molecule is COc1[c]ccc(Cc2cn(-c3ccc(F)cc3)nn2)c1. The van der Waals surface area contributed by atoms with Gasteiger partial charge in [0.1, 0.15) is 11.6 Å². The molecule has 3 rings (SSSR count). The third kappa shape index (κ3) is 3.08. The lowest BCUT2D eigenvalue weighted by Crippen LogP contribution is -1.94. The van der Waals surface area contributed by atoms with E-state index >= 15 is 0 Å². The highest BCUT2D eigenvalue weighted by molar-refractivity contribution is 5.32. The molecule has 4 nitrogen and oxygen atoms in total. The van der Waals surface area contributed by atoms with E-state index in [9.17, 15) is 4.39 Å². The highest BCUT2D eigenvalue weighted by atomic mass is 19.1. The normalized spacial score (nSPS) is 10.6. The van der Waals surface area contributed by atoms with Crippen molar-refractivity contribution >= 4 is 0 Å². The maximum atomic E-state index is 12.9. The first-order valence-electron chi connectivity index (χ1n) is 6.46. The summed E-state index contributed by atoms with van der Waals surface area (Å²) < 4.78 is 19.7. The van der Waals surface area contributed by atoms with Gasteiger partial charge in [-0.05, 0) is 35.9 Å². The van der Waals surface area contributed by atoms with Crippen LogP contribution < -0.4 is 4.74 Å². The van der Waals surface area contributed by atoms with Crippen LogP contribution in [0.3, 0.4) is 0 Å². The Kier molecular flexibility index (Phi) is 3.64. The summed E-state index contributed by atoms with van der Waals surface area (Å²) in [4.78, 5) is 0. The van der Waals surface area contributed by atoms with Crippen LogP contribution in [0.2, 0.25) is 0 Å². The first-order valence-corrected chi connectivity index (χ1v) is 6.46. The largest absolute Gasteiger partial charge is 0.496 e. The lowest BCUT2D eigenvalue weighted by atomic mass is 10.1. The van der Waals surface area contributed by atoms with Gasteiger partial charge in [-0.2, -0.15) is 0 Å². The molecule has 0 aliphatic carbocycles. The van der Waals surface area contributed by atoms with Crippen molar-refractivity contribution in [3.63, 3.8) is 0 Å². The molecule has 21 heavy (non-hydrogen) atoms. The third-order valence-electron chi connectivity index (χ3n) is 3.08. The fraction of sp³-hybridized carbons (Fsp3) is 0.125. The molecule has 2 aromatic carbocycles. The molecular formula is C16H13FN3O. The quantitative estimate of drug-likeness (QED) is 0.738. The Balaban J connectivity index is 1.80. The van der Waals surface area contributed by atoms with E-state index in [0.29, 0.717) is 12.2 Å². The molecule has 0 amide bonds. The fourth-order valence-corrected chi connectivity index (χ4v) is 2.03. The molecule has 0 unspecified atom stereocenters. The van der Waals surface area contributed by atoms with Gasteiger partial charge >= 0.3 is 0 Å². The highest BCUT2D eigenvalue weighted by Crippen LogP contribution is 2.15. The standard InChI is InChI=1S/C16H13FN3O/c1-21-16-4-2-3-12(10-16)9-14-11-20(19-18-14)15-7-5-13(17)6-8-15/h2-3,5-8,10-11H,9H2,1H3. The molecule has 3 aromatic rings. The van der Waals surface area contributed by atoms with Crippen molar-refractivity contribution in [2.75, 3.05) is 7.11 Å². The van der Waals surface area contributed by atoms with E-state index in [1.165, 1.54) is 12.1 Å². The zero-order chi connectivity index (χ0) is 14.7. The minimum absolute atomic E-state index is 0.272. The van der Waals surface area contributed by atoms with Gasteiger partial charge in [0.05, 0.1) is 24.7 Å². The van der Waals surface area contributed by atoms with Gasteiger partial charge in [0.15, 0.2) is 0 Å². The summed E-state index contributed by atoms with van der Waals surface area (Å²) in [6.45, 7) is 0. The second kappa shape index (κ2) is 5.75. The average Bonchev–Trinajstić information content (AvgIpc) is 2.96. The van der Waals surface area contributed by atoms with E-state index in [-0.39, 0.29) is 5.82 Å². The number of rotatable bonds is 4. The summed E-state index contributed by atoms with van der Waals surface area (Å²) >= 11 is 0. The minimum atomic E-state index is -0.272. The smallest absolute Gasteiger partial charge is 0.127 e. The maximum Gasteiger partial charge on any atom is 0.127 e. The maximum absolute atomic E-state index is 12.9. The van der Waals surface area contributed by atoms with Crippen LogP contribution in [0.4, 0.5) is 4.39 Å². The Morgan fingerprint density at radius 1 is 1.24 bits per heavy atom. The Bertz CT molecular complexity index is 737. The van der Waals surface area contributed by atoms with Crippen molar-refractivity contribution in [1.29, 1.82) is 0 Å². The van der Waals surface area contributed by atoms with Gasteiger partial charge in [-0.3, -0.25) is 0 Å². The summed E-state index contributed by atoms with van der Waals surface area (Å²) in [5.41, 5.74) is 2.67. The molecule has 1 aromatic heterocycles. The first kappa shape index (κ1) is 13.3. The molecule has 0 spiro atoms. The van der Waals surface area contributed by atoms with Crippen LogP contribution in [0, 0.1) is 11.9 Å². The number of benzene rings is 2. The molecule has 0 saturated carbocycles. The number of hydrogen-bond donors (Lipinski definition) is 0. The van der Waals surface area contributed by atoms with Crippen molar-refractivity contribution in [2.45, 2.75) is 6.42 Å². The van der Waals surface area contributed by atoms with Gasteiger partial charge in [0.25, 0.3) is 0 Å². The summed E-state index contributed by atoms with van der Waals surface area (Å²) in [6, 6.07) is 14.8. The van der Waals surface area contributed by atoms with Gasteiger partial charge in [0.2, 0.25) is 0 Å². The Labute approximate surface area is 121 Å². The van der Waals surface area contributed by atoms with Crippen molar-refractivity contribution in [1.82, 2.24) is 15.0 Å². The zero-order valence-electron chi connectivity index (χ0n) is 11.5. The molecule has 0 bridgehead atoms. The van der Waals surface area contributed by atoms with E-state index in [1.54, 1.807) is 23.9 Å². The van der Waals surface area contributed by atoms with Gasteiger partial charge in [-0.15, -0.1) is 5.10 Å². The Morgan fingerprint density at radius 3 is 2.81 bits per heavy atom. The second-order valence-electron chi connectivity index (χ2n) is 4.57. The van der Waals surface area contributed by atoms with Crippen LogP contribution in [0.1, 0.15) is 11.3 Å². The predicted molar refractivity (Wildman–Crippen MR) is 76.0 cm³/mol. The van der Waals surface area contributed by atoms with Crippen LogP contribution in [0.25, 0.3) is 5.69 Å². The van der Waals surface area contributed by atoms with E-state index < -0.39 is 0 Å². The Hall–Kier alpha value is -2.69. The van der Waals surface area contributed by atoms with Crippen LogP contribution in [-0.2, 0) is 6.42 Å². The monoisotopic (exact) mass is 282 g/mol. The first-order chi connectivity index (χ1) is 10.2. The summed E-state index contributed by atoms with van der Waals surface area (Å²) in [5.74, 6) is 0.421. The van der Waals surface area contributed by atoms with E-state index in [4.69, 9.17) is 4.74 Å². The summed E-state index contributed by atoms with van der Waals surface area (Å²) in [7, 11) is 1.61. The summed E-state index contributed by atoms with van der Waals surface area (Å²) in [5, 5.41) is 8.19. The van der Waals surface area contributed by atoms with Gasteiger partial charge in [-0.25, -0.2) is 9.07 Å². The molecular weight excluding hydrogens is 269 g/mol. The van der Waals surface area contributed by atoms with Crippen LogP contribution >= 0.6 is 0 Å². The number of methoxy groups -OCH3 is 1. The molecule has 105 valence electrons. The number of hydrogen-bond acceptors (Lipinski definition) is 3. The van der Waals surface area contributed by atoms with E-state index in [0.717, 1.165) is 16.9 Å². The fourth-order valence-electron chi connectivity index (χ4n) is 2.03. The van der Waals surface area contributed by atoms with Crippen LogP contribution in [0.15, 0.2) is 48.7 Å². The van der Waals surface area contributed by atoms with Crippen molar-refractivity contribution < 1.29 is 9.13 Å². The predicted octanol–water partition coefficient (Wildman–Crippen LogP) is 2.81. The topological polar surface area (TPSA) is 39.9 Å². The minimum Gasteiger partial charge on any atom is -0.496 e. The lowest BCUT2D eigenvalue weighted by Gasteiger charge is -2.01. The van der Waals surface area contributed by atoms with Gasteiger partial charge in [0, 0.05) is 12.5 Å². The second-order valence-corrected chi connectivity index (χ2v) is 4.57. The van der Waals surface area contributed by atoms with Crippen LogP contribution in [0.5, 0.6) is 5.75 Å².